The number of halogens is 2. The Bertz CT molecular complexity index is 3920. The monoisotopic (exact) mass is 1240 g/mol. The van der Waals surface area contributed by atoms with Crippen LogP contribution in [0, 0.1) is 30.4 Å². The summed E-state index contributed by atoms with van der Waals surface area (Å²) in [5.74, 6) is 1.07. The molecule has 410 valence electrons. The van der Waals surface area contributed by atoms with E-state index in [1.807, 2.05) is 30.5 Å². The van der Waals surface area contributed by atoms with E-state index in [4.69, 9.17) is 9.72 Å². The zero-order valence-corrected chi connectivity index (χ0v) is 50.4. The summed E-state index contributed by atoms with van der Waals surface area (Å²) >= 11 is 0. The minimum Gasteiger partial charge on any atom is -0.509 e. The van der Waals surface area contributed by atoms with Crippen molar-refractivity contribution < 1.29 is 34.6 Å². The summed E-state index contributed by atoms with van der Waals surface area (Å²) in [5, 5.41) is 2.14. The predicted molar refractivity (Wildman–Crippen MR) is 325 cm³/mol. The fourth-order valence-electron chi connectivity index (χ4n) is 10.8. The van der Waals surface area contributed by atoms with Crippen LogP contribution in [-0.2, 0) is 37.3 Å². The van der Waals surface area contributed by atoms with Gasteiger partial charge in [0.05, 0.1) is 0 Å². The maximum absolute atomic E-state index is 15.6. The summed E-state index contributed by atoms with van der Waals surface area (Å²) in [6.07, 6.45) is 1.89. The van der Waals surface area contributed by atoms with E-state index in [9.17, 15) is 0 Å². The Labute approximate surface area is 486 Å². The number of benzene rings is 8. The number of hydrogen-bond donors (Lipinski definition) is 0. The van der Waals surface area contributed by atoms with Gasteiger partial charge in [-0.25, -0.2) is 13.8 Å². The summed E-state index contributed by atoms with van der Waals surface area (Å²) in [6.45, 7) is 30.9. The van der Waals surface area contributed by atoms with Crippen LogP contribution < -0.4 is 14.5 Å². The second kappa shape index (κ2) is 21.3. The van der Waals surface area contributed by atoms with E-state index < -0.39 is 11.6 Å². The van der Waals surface area contributed by atoms with Crippen molar-refractivity contribution in [1.29, 1.82) is 0 Å². The van der Waals surface area contributed by atoms with Crippen molar-refractivity contribution >= 4 is 44.6 Å². The number of ether oxygens (including phenoxy) is 1. The van der Waals surface area contributed by atoms with Gasteiger partial charge in [0.25, 0.3) is 0 Å². The molecule has 1 aliphatic heterocycles. The third kappa shape index (κ3) is 10.9. The Morgan fingerprint density at radius 3 is 1.70 bits per heavy atom. The molecule has 11 rings (SSSR count). The molecule has 0 unspecified atom stereocenters. The normalized spacial score (nSPS) is 13.0. The van der Waals surface area contributed by atoms with Gasteiger partial charge >= 0.3 is 0 Å². The Morgan fingerprint density at radius 2 is 1.09 bits per heavy atom. The number of para-hydroxylation sites is 3. The van der Waals surface area contributed by atoms with Crippen LogP contribution >= 0.6 is 0 Å². The average Bonchev–Trinajstić information content (AvgIpc) is 3.95. The van der Waals surface area contributed by atoms with Gasteiger partial charge < -0.3 is 19.1 Å². The first kappa shape index (κ1) is 56.0. The van der Waals surface area contributed by atoms with E-state index >= 15 is 8.78 Å². The number of aromatic nitrogens is 2. The molecule has 3 heterocycles. The first-order chi connectivity index (χ1) is 37.5. The molecule has 8 aromatic carbocycles. The van der Waals surface area contributed by atoms with E-state index in [1.54, 1.807) is 0 Å². The zero-order chi connectivity index (χ0) is 55.9. The number of nitrogens with zero attached hydrogens (tertiary/aromatic N) is 4. The van der Waals surface area contributed by atoms with Crippen molar-refractivity contribution in [3.63, 3.8) is 0 Å². The van der Waals surface area contributed by atoms with Gasteiger partial charge in [-0.1, -0.05) is 168 Å². The molecule has 0 fully saturated rings. The van der Waals surface area contributed by atoms with Crippen molar-refractivity contribution in [2.24, 2.45) is 0 Å². The molecule has 0 atom stereocenters. The summed E-state index contributed by atoms with van der Waals surface area (Å²) in [5.41, 5.74) is 15.8. The van der Waals surface area contributed by atoms with E-state index in [2.05, 4.69) is 238 Å². The summed E-state index contributed by atoms with van der Waals surface area (Å²) < 4.78 is 40.4. The zero-order valence-electron chi connectivity index (χ0n) is 48.1. The van der Waals surface area contributed by atoms with Crippen molar-refractivity contribution in [3.05, 3.63) is 222 Å². The van der Waals surface area contributed by atoms with Crippen LogP contribution in [0.3, 0.4) is 0 Å². The molecule has 8 heteroatoms. The molecule has 0 amide bonds. The molecular weight excluding hydrogens is 1170 g/mol. The smallest absolute Gasteiger partial charge is 0.135 e. The Morgan fingerprint density at radius 1 is 0.500 bits per heavy atom. The van der Waals surface area contributed by atoms with Gasteiger partial charge in [0.2, 0.25) is 0 Å². The number of hydrogen-bond acceptors (Lipinski definition) is 4. The Balaban J connectivity index is 0.00000720. The minimum absolute atomic E-state index is 0. The first-order valence-electron chi connectivity index (χ1n) is 27.6. The second-order valence-corrected chi connectivity index (χ2v) is 25.0. The van der Waals surface area contributed by atoms with E-state index in [-0.39, 0.29) is 49.1 Å². The second-order valence-electron chi connectivity index (χ2n) is 25.0. The van der Waals surface area contributed by atoms with E-state index in [1.165, 1.54) is 34.4 Å². The summed E-state index contributed by atoms with van der Waals surface area (Å²) in [7, 11) is 0. The van der Waals surface area contributed by atoms with Crippen molar-refractivity contribution in [2.75, 3.05) is 9.80 Å². The number of pyridine rings is 1. The Kier molecular flexibility index (Phi) is 14.9. The molecule has 0 saturated carbocycles. The molecular formula is C72H69F2N4OPt-3. The van der Waals surface area contributed by atoms with Gasteiger partial charge in [0.15, 0.2) is 0 Å². The molecule has 0 saturated heterocycles. The van der Waals surface area contributed by atoms with Crippen LogP contribution in [-0.4, -0.2) is 9.55 Å². The Hall–Kier alpha value is -7.34. The SMILES string of the molecule is CC(C)c1cc(-c2cc(C(C)(C)C)cc(-c3cc(F)cc(F)c3)c2N2[CH-]N(c3[c-]c(Oc4[c-]c5c(cc4)c4ccccc4n5-c4cc(C(C)(C)C)ccn4)cc(-c4ccc(C(C)(C)C)cc4)c3)c3ccccc32)cc(C(C)C)c1.[Pt]. The topological polar surface area (TPSA) is 33.5 Å². The quantitative estimate of drug-likeness (QED) is 0.128. The first-order valence-corrected chi connectivity index (χ1v) is 27.6. The molecule has 0 N–H and O–H groups in total. The standard InChI is InChI=1S/C72H69F2N4O.Pt/c1-44(2)47-30-48(45(3)4)32-50(31-47)62-37-54(72(11,12)13)38-63(51-33-55(73)40-56(74)34-51)69(62)77-43-76(65-20-16-17-21-66(65)77)57-35-49(46-22-24-52(25-23-46)70(5,6)7)36-59(41-57)79-58-26-27-61-60-18-14-15-19-64(60)78(67(61)42-58)68-39-53(28-29-75-68)71(8,9)10;/h14-40,43-45H,1-13H3;/q-3;. The van der Waals surface area contributed by atoms with Crippen molar-refractivity contribution in [3.8, 4) is 50.7 Å². The number of anilines is 4. The van der Waals surface area contributed by atoms with Gasteiger partial charge in [-0.2, -0.15) is 6.07 Å². The molecule has 0 aliphatic carbocycles. The van der Waals surface area contributed by atoms with Crippen LogP contribution in [0.15, 0.2) is 164 Å². The summed E-state index contributed by atoms with van der Waals surface area (Å²) in [4.78, 5) is 9.25. The fraction of sp³-hybridized carbons (Fsp3) is 0.250. The molecule has 1 aliphatic rings. The number of rotatable bonds is 10. The van der Waals surface area contributed by atoms with Gasteiger partial charge in [0.1, 0.15) is 17.5 Å². The third-order valence-electron chi connectivity index (χ3n) is 15.4. The predicted octanol–water partition coefficient (Wildman–Crippen LogP) is 20.4. The van der Waals surface area contributed by atoms with E-state index in [0.29, 0.717) is 22.6 Å². The molecule has 0 spiro atoms. The molecule has 2 aromatic heterocycles. The largest absolute Gasteiger partial charge is 0.509 e. The minimum atomic E-state index is -0.640. The molecule has 80 heavy (non-hydrogen) atoms. The van der Waals surface area contributed by atoms with Crippen molar-refractivity contribution in [2.45, 2.75) is 118 Å². The fourth-order valence-corrected chi connectivity index (χ4v) is 10.8. The van der Waals surface area contributed by atoms with Gasteiger partial charge in [-0.05, 0) is 133 Å². The maximum Gasteiger partial charge on any atom is 0.135 e. The van der Waals surface area contributed by atoms with Crippen LogP contribution in [0.1, 0.15) is 130 Å². The van der Waals surface area contributed by atoms with Crippen LogP contribution in [0.2, 0.25) is 0 Å². The van der Waals surface area contributed by atoms with Crippen LogP contribution in [0.4, 0.5) is 31.5 Å². The van der Waals surface area contributed by atoms with Gasteiger partial charge in [-0.15, -0.1) is 53.6 Å². The van der Waals surface area contributed by atoms with Crippen molar-refractivity contribution in [1.82, 2.24) is 9.55 Å². The number of fused-ring (bicyclic) bond motifs is 4. The van der Waals surface area contributed by atoms with Crippen LogP contribution in [0.5, 0.6) is 11.5 Å². The molecule has 10 aromatic rings. The van der Waals surface area contributed by atoms with Gasteiger partial charge in [-0.3, -0.25) is 0 Å². The van der Waals surface area contributed by atoms with Crippen LogP contribution in [0.25, 0.3) is 61.0 Å². The maximum atomic E-state index is 15.6. The molecule has 0 radical (unpaired) electrons. The van der Waals surface area contributed by atoms with E-state index in [0.717, 1.165) is 84.3 Å². The molecule has 0 bridgehead atoms. The third-order valence-corrected chi connectivity index (χ3v) is 15.4. The summed E-state index contributed by atoms with van der Waals surface area (Å²) in [6, 6.07) is 60.5. The average molecular weight is 1240 g/mol. The molecule has 5 nitrogen and oxygen atoms in total. The van der Waals surface area contributed by atoms with Gasteiger partial charge in [0, 0.05) is 78.5 Å².